The lowest BCUT2D eigenvalue weighted by Crippen LogP contribution is -2.50. The molecular formula is C21H25N3O3S. The van der Waals surface area contributed by atoms with Crippen molar-refractivity contribution in [2.24, 2.45) is 0 Å². The smallest absolute Gasteiger partial charge is 0.264 e. The minimum absolute atomic E-state index is 0.0243. The maximum absolute atomic E-state index is 12.6. The number of hydrogen-bond acceptors (Lipinski definition) is 5. The van der Waals surface area contributed by atoms with E-state index >= 15 is 0 Å². The fraction of sp³-hybridized carbons (Fsp3) is 0.381. The first kappa shape index (κ1) is 20.2. The molecule has 0 atom stereocenters. The largest absolute Gasteiger partial charge is 0.335 e. The van der Waals surface area contributed by atoms with E-state index in [1.54, 1.807) is 17.0 Å². The number of aryl methyl sites for hydroxylation is 2. The highest BCUT2D eigenvalue weighted by atomic mass is 32.1. The lowest BCUT2D eigenvalue weighted by Gasteiger charge is -2.34. The Bertz CT molecular complexity index is 878. The zero-order chi connectivity index (χ0) is 20.3. The summed E-state index contributed by atoms with van der Waals surface area (Å²) in [5.41, 5.74) is 2.97. The van der Waals surface area contributed by atoms with E-state index in [0.717, 1.165) is 16.8 Å². The molecule has 1 N–H and O–H groups in total. The molecule has 0 bridgehead atoms. The van der Waals surface area contributed by atoms with Crippen LogP contribution in [0.3, 0.4) is 0 Å². The Morgan fingerprint density at radius 1 is 0.964 bits per heavy atom. The number of nitrogens with one attached hydrogen (secondary N) is 1. The summed E-state index contributed by atoms with van der Waals surface area (Å²) in [6, 6.07) is 9.36. The van der Waals surface area contributed by atoms with Crippen LogP contribution >= 0.6 is 11.3 Å². The number of anilines is 1. The van der Waals surface area contributed by atoms with Gasteiger partial charge in [0.1, 0.15) is 0 Å². The molecule has 1 fully saturated rings. The van der Waals surface area contributed by atoms with Crippen molar-refractivity contribution in [1.29, 1.82) is 0 Å². The van der Waals surface area contributed by atoms with Gasteiger partial charge >= 0.3 is 0 Å². The fourth-order valence-corrected chi connectivity index (χ4v) is 4.17. The first-order valence-electron chi connectivity index (χ1n) is 9.33. The molecule has 0 saturated carbocycles. The summed E-state index contributed by atoms with van der Waals surface area (Å²) in [4.78, 5) is 41.5. The highest BCUT2D eigenvalue weighted by Crippen LogP contribution is 2.21. The molecule has 1 aliphatic rings. The van der Waals surface area contributed by atoms with Gasteiger partial charge in [0.15, 0.2) is 5.78 Å². The quantitative estimate of drug-likeness (QED) is 0.785. The first-order chi connectivity index (χ1) is 13.3. The van der Waals surface area contributed by atoms with Crippen LogP contribution in [0.4, 0.5) is 5.69 Å². The minimum atomic E-state index is -0.0443. The molecule has 0 aliphatic carbocycles. The number of amides is 2. The van der Waals surface area contributed by atoms with Crippen molar-refractivity contribution < 1.29 is 14.4 Å². The Kier molecular flexibility index (Phi) is 6.26. The molecule has 3 rings (SSSR count). The summed E-state index contributed by atoms with van der Waals surface area (Å²) in [7, 11) is 0. The monoisotopic (exact) mass is 399 g/mol. The van der Waals surface area contributed by atoms with Crippen molar-refractivity contribution in [3.8, 4) is 0 Å². The molecule has 1 aromatic carbocycles. The van der Waals surface area contributed by atoms with Gasteiger partial charge in [-0.25, -0.2) is 0 Å². The summed E-state index contributed by atoms with van der Waals surface area (Å²) < 4.78 is 0. The molecule has 2 aromatic rings. The Labute approximate surface area is 169 Å². The topological polar surface area (TPSA) is 69.7 Å². The molecule has 1 saturated heterocycles. The van der Waals surface area contributed by atoms with Crippen molar-refractivity contribution in [3.63, 3.8) is 0 Å². The molecule has 2 amide bonds. The van der Waals surface area contributed by atoms with Gasteiger partial charge in [-0.3, -0.25) is 19.3 Å². The number of carbonyl (C=O) groups is 3. The van der Waals surface area contributed by atoms with Crippen LogP contribution in [0.15, 0.2) is 30.3 Å². The molecule has 0 unspecified atom stereocenters. The number of piperazine rings is 1. The molecule has 7 heteroatoms. The number of nitrogens with zero attached hydrogens (tertiary/aromatic N) is 2. The lowest BCUT2D eigenvalue weighted by molar-refractivity contribution is -0.117. The van der Waals surface area contributed by atoms with Crippen molar-refractivity contribution in [1.82, 2.24) is 9.80 Å². The first-order valence-corrected chi connectivity index (χ1v) is 10.2. The number of hydrogen-bond donors (Lipinski definition) is 1. The minimum Gasteiger partial charge on any atom is -0.335 e. The van der Waals surface area contributed by atoms with E-state index in [1.807, 2.05) is 32.0 Å². The summed E-state index contributed by atoms with van der Waals surface area (Å²) >= 11 is 1.24. The standard InChI is InChI=1S/C21H25N3O3S/c1-14-5-4-6-15(2)20(14)22-19(26)13-23-9-11-24(12-10-23)21(27)18-8-7-17(28-18)16(3)25/h4-8H,9-13H2,1-3H3,(H,22,26). The summed E-state index contributed by atoms with van der Waals surface area (Å²) in [5.74, 6) is -0.109. The van der Waals surface area contributed by atoms with Crippen LogP contribution < -0.4 is 5.32 Å². The van der Waals surface area contributed by atoms with Gasteiger partial charge in [0.05, 0.1) is 16.3 Å². The van der Waals surface area contributed by atoms with Gasteiger partial charge < -0.3 is 10.2 Å². The third kappa shape index (κ3) is 4.66. The van der Waals surface area contributed by atoms with E-state index in [4.69, 9.17) is 0 Å². The van der Waals surface area contributed by atoms with E-state index in [-0.39, 0.29) is 17.6 Å². The second-order valence-electron chi connectivity index (χ2n) is 7.10. The molecule has 148 valence electrons. The van der Waals surface area contributed by atoms with Gasteiger partial charge in [-0.05, 0) is 44.0 Å². The Hall–Kier alpha value is -2.51. The molecule has 6 nitrogen and oxygen atoms in total. The van der Waals surface area contributed by atoms with E-state index in [0.29, 0.717) is 42.5 Å². The van der Waals surface area contributed by atoms with Crippen LogP contribution in [0.1, 0.15) is 37.4 Å². The van der Waals surface area contributed by atoms with Crippen molar-refractivity contribution in [2.75, 3.05) is 38.0 Å². The maximum atomic E-state index is 12.6. The van der Waals surface area contributed by atoms with Gasteiger partial charge in [-0.1, -0.05) is 18.2 Å². The van der Waals surface area contributed by atoms with Crippen LogP contribution in [0.25, 0.3) is 0 Å². The molecule has 0 radical (unpaired) electrons. The highest BCUT2D eigenvalue weighted by Gasteiger charge is 2.24. The van der Waals surface area contributed by atoms with Gasteiger partial charge in [-0.15, -0.1) is 11.3 Å². The van der Waals surface area contributed by atoms with E-state index < -0.39 is 0 Å². The Morgan fingerprint density at radius 3 is 2.14 bits per heavy atom. The number of carbonyl (C=O) groups excluding carboxylic acids is 3. The second-order valence-corrected chi connectivity index (χ2v) is 8.19. The van der Waals surface area contributed by atoms with Crippen LogP contribution in [0, 0.1) is 13.8 Å². The van der Waals surface area contributed by atoms with E-state index in [9.17, 15) is 14.4 Å². The molecule has 1 aromatic heterocycles. The zero-order valence-corrected chi connectivity index (χ0v) is 17.3. The number of thiophene rings is 1. The summed E-state index contributed by atoms with van der Waals surface area (Å²) in [5, 5.41) is 3.01. The third-order valence-corrected chi connectivity index (χ3v) is 6.11. The Morgan fingerprint density at radius 2 is 1.57 bits per heavy atom. The highest BCUT2D eigenvalue weighted by molar-refractivity contribution is 7.15. The van der Waals surface area contributed by atoms with Gasteiger partial charge in [0.25, 0.3) is 5.91 Å². The van der Waals surface area contributed by atoms with Gasteiger partial charge in [0, 0.05) is 31.9 Å². The van der Waals surface area contributed by atoms with Crippen molar-refractivity contribution in [3.05, 3.63) is 51.2 Å². The van der Waals surface area contributed by atoms with Crippen molar-refractivity contribution >= 4 is 34.6 Å². The normalized spacial score (nSPS) is 14.8. The average Bonchev–Trinajstić information content (AvgIpc) is 3.15. The number of para-hydroxylation sites is 1. The molecule has 0 spiro atoms. The van der Waals surface area contributed by atoms with Crippen molar-refractivity contribution in [2.45, 2.75) is 20.8 Å². The van der Waals surface area contributed by atoms with Crippen LogP contribution in [-0.4, -0.2) is 60.1 Å². The van der Waals surface area contributed by atoms with Crippen LogP contribution in [0.5, 0.6) is 0 Å². The number of ketones is 1. The maximum Gasteiger partial charge on any atom is 0.264 e. The summed E-state index contributed by atoms with van der Waals surface area (Å²) in [6.45, 7) is 8.22. The van der Waals surface area contributed by atoms with Crippen LogP contribution in [0.2, 0.25) is 0 Å². The van der Waals surface area contributed by atoms with E-state index in [1.165, 1.54) is 18.3 Å². The molecule has 28 heavy (non-hydrogen) atoms. The molecule has 2 heterocycles. The number of Topliss-reactive ketones (excluding diaryl/α,β-unsaturated/α-hetero) is 1. The van der Waals surface area contributed by atoms with E-state index in [2.05, 4.69) is 10.2 Å². The predicted molar refractivity (Wildman–Crippen MR) is 111 cm³/mol. The predicted octanol–water partition coefficient (Wildman–Crippen LogP) is 2.96. The second kappa shape index (κ2) is 8.67. The molecule has 1 aliphatic heterocycles. The SMILES string of the molecule is CC(=O)c1ccc(C(=O)N2CCN(CC(=O)Nc3c(C)cccc3C)CC2)s1. The average molecular weight is 400 g/mol. The third-order valence-electron chi connectivity index (χ3n) is 4.94. The number of rotatable bonds is 5. The lowest BCUT2D eigenvalue weighted by atomic mass is 10.1. The van der Waals surface area contributed by atoms with Gasteiger partial charge in [-0.2, -0.15) is 0 Å². The molecular weight excluding hydrogens is 374 g/mol. The van der Waals surface area contributed by atoms with Gasteiger partial charge in [0.2, 0.25) is 5.91 Å². The summed E-state index contributed by atoms with van der Waals surface area (Å²) in [6.07, 6.45) is 0. The zero-order valence-electron chi connectivity index (χ0n) is 16.4. The fourth-order valence-electron chi connectivity index (χ4n) is 3.30. The Balaban J connectivity index is 1.51. The number of benzene rings is 1. The van der Waals surface area contributed by atoms with Crippen LogP contribution in [-0.2, 0) is 4.79 Å².